The monoisotopic (exact) mass is 537 g/mol. The van der Waals surface area contributed by atoms with Gasteiger partial charge in [0.15, 0.2) is 5.13 Å². The summed E-state index contributed by atoms with van der Waals surface area (Å²) in [6.07, 6.45) is 0. The quantitative estimate of drug-likeness (QED) is 0.324. The van der Waals surface area contributed by atoms with Crippen LogP contribution >= 0.6 is 38.6 Å². The number of benzene rings is 2. The number of anilines is 2. The summed E-state index contributed by atoms with van der Waals surface area (Å²) in [5.41, 5.74) is 1.23. The Morgan fingerprint density at radius 2 is 1.84 bits per heavy atom. The molecule has 0 fully saturated rings. The van der Waals surface area contributed by atoms with Crippen LogP contribution in [0.1, 0.15) is 10.4 Å². The summed E-state index contributed by atoms with van der Waals surface area (Å²) < 4.78 is 41.4. The number of hydrogen-bond acceptors (Lipinski definition) is 6. The lowest BCUT2D eigenvalue weighted by atomic mass is 10.2. The first kappa shape index (κ1) is 21.6. The van der Waals surface area contributed by atoms with Gasteiger partial charge < -0.3 is 0 Å². The molecule has 2 aromatic heterocycles. The lowest BCUT2D eigenvalue weighted by molar-refractivity contribution is 0.102. The molecule has 0 aliphatic rings. The third-order valence-electron chi connectivity index (χ3n) is 4.05. The maximum Gasteiger partial charge on any atom is 0.261 e. The molecule has 11 heteroatoms. The molecule has 2 N–H and O–H groups in total. The fourth-order valence-electron chi connectivity index (χ4n) is 2.62. The van der Waals surface area contributed by atoms with E-state index in [2.05, 4.69) is 31.0 Å². The Morgan fingerprint density at radius 1 is 1.06 bits per heavy atom. The Hall–Kier alpha value is -2.60. The molecule has 0 aliphatic heterocycles. The molecule has 1 amide bonds. The van der Waals surface area contributed by atoms with Crippen LogP contribution in [0.3, 0.4) is 0 Å². The van der Waals surface area contributed by atoms with Crippen molar-refractivity contribution in [2.45, 2.75) is 4.90 Å². The van der Waals surface area contributed by atoms with Gasteiger partial charge in [-0.3, -0.25) is 14.8 Å². The van der Waals surface area contributed by atoms with E-state index < -0.39 is 21.7 Å². The first-order valence-electron chi connectivity index (χ1n) is 8.71. The Balaban J connectivity index is 1.48. The van der Waals surface area contributed by atoms with Gasteiger partial charge in [0, 0.05) is 16.6 Å². The number of sulfonamides is 1. The summed E-state index contributed by atoms with van der Waals surface area (Å²) in [6.45, 7) is 0. The van der Waals surface area contributed by atoms with Gasteiger partial charge in [0.2, 0.25) is 0 Å². The van der Waals surface area contributed by atoms with Gasteiger partial charge >= 0.3 is 0 Å². The van der Waals surface area contributed by atoms with E-state index in [1.54, 1.807) is 12.1 Å². The minimum Gasteiger partial charge on any atom is -0.298 e. The van der Waals surface area contributed by atoms with Gasteiger partial charge in [0.25, 0.3) is 15.9 Å². The van der Waals surface area contributed by atoms with Crippen LogP contribution in [0.2, 0.25) is 0 Å². The normalized spacial score (nSPS) is 11.3. The average molecular weight is 538 g/mol. The largest absolute Gasteiger partial charge is 0.298 e. The van der Waals surface area contributed by atoms with E-state index in [0.29, 0.717) is 5.13 Å². The molecule has 0 bridgehead atoms. The number of thiophene rings is 1. The number of carbonyl (C=O) groups excluding carboxylic acids is 1. The van der Waals surface area contributed by atoms with Crippen molar-refractivity contribution in [3.05, 3.63) is 81.2 Å². The second-order valence-corrected chi connectivity index (χ2v) is 11.2. The van der Waals surface area contributed by atoms with Crippen molar-refractivity contribution >= 4 is 65.4 Å². The molecule has 0 saturated carbocycles. The zero-order valence-corrected chi connectivity index (χ0v) is 19.5. The van der Waals surface area contributed by atoms with Crippen LogP contribution < -0.4 is 10.0 Å². The van der Waals surface area contributed by atoms with E-state index in [1.165, 1.54) is 46.9 Å². The van der Waals surface area contributed by atoms with Gasteiger partial charge in [-0.1, -0.05) is 6.07 Å². The Kier molecular flexibility index (Phi) is 6.19. The lowest BCUT2D eigenvalue weighted by Crippen LogP contribution is -2.15. The summed E-state index contributed by atoms with van der Waals surface area (Å²) in [4.78, 5) is 17.9. The van der Waals surface area contributed by atoms with Gasteiger partial charge in [-0.05, 0) is 70.5 Å². The van der Waals surface area contributed by atoms with E-state index in [9.17, 15) is 17.6 Å². The molecule has 0 spiro atoms. The maximum absolute atomic E-state index is 13.1. The van der Waals surface area contributed by atoms with Crippen molar-refractivity contribution in [1.29, 1.82) is 0 Å². The number of hydrogen-bond donors (Lipinski definition) is 2. The molecule has 6 nitrogen and oxygen atoms in total. The fraction of sp³-hybridized carbons (Fsp3) is 0. The van der Waals surface area contributed by atoms with Crippen LogP contribution in [-0.4, -0.2) is 19.3 Å². The smallest absolute Gasteiger partial charge is 0.261 e. The van der Waals surface area contributed by atoms with E-state index >= 15 is 0 Å². The summed E-state index contributed by atoms with van der Waals surface area (Å²) >= 11 is 6.24. The summed E-state index contributed by atoms with van der Waals surface area (Å²) in [5, 5.41) is 5.01. The third kappa shape index (κ3) is 5.18. The van der Waals surface area contributed by atoms with Gasteiger partial charge in [0.1, 0.15) is 5.82 Å². The van der Waals surface area contributed by atoms with E-state index in [4.69, 9.17) is 0 Å². The second-order valence-electron chi connectivity index (χ2n) is 6.24. The van der Waals surface area contributed by atoms with E-state index in [-0.39, 0.29) is 16.1 Å². The summed E-state index contributed by atoms with van der Waals surface area (Å²) in [6, 6.07) is 14.4. The highest BCUT2D eigenvalue weighted by Gasteiger charge is 2.16. The molecule has 2 aromatic carbocycles. The molecule has 2 heterocycles. The number of aromatic nitrogens is 1. The van der Waals surface area contributed by atoms with Crippen molar-refractivity contribution < 1.29 is 17.6 Å². The highest BCUT2D eigenvalue weighted by Crippen LogP contribution is 2.33. The van der Waals surface area contributed by atoms with Crippen LogP contribution in [0.15, 0.2) is 74.7 Å². The molecular weight excluding hydrogens is 525 g/mol. The van der Waals surface area contributed by atoms with Crippen molar-refractivity contribution in [3.63, 3.8) is 0 Å². The molecule has 4 rings (SSSR count). The van der Waals surface area contributed by atoms with Crippen molar-refractivity contribution in [1.82, 2.24) is 4.98 Å². The first-order chi connectivity index (χ1) is 14.8. The van der Waals surface area contributed by atoms with E-state index in [1.807, 2.05) is 17.5 Å². The molecule has 31 heavy (non-hydrogen) atoms. The molecule has 0 atom stereocenters. The SMILES string of the molecule is O=C(Nc1nc(-c2ccc(Br)s2)cs1)c1cccc(NS(=O)(=O)c2ccc(F)cc2)c1. The van der Waals surface area contributed by atoms with Crippen LogP contribution in [0.25, 0.3) is 10.6 Å². The zero-order valence-electron chi connectivity index (χ0n) is 15.5. The highest BCUT2D eigenvalue weighted by molar-refractivity contribution is 9.11. The van der Waals surface area contributed by atoms with Crippen LogP contribution in [-0.2, 0) is 10.0 Å². The third-order valence-corrected chi connectivity index (χ3v) is 7.85. The van der Waals surface area contributed by atoms with Gasteiger partial charge in [0.05, 0.1) is 19.3 Å². The number of nitrogens with one attached hydrogen (secondary N) is 2. The average Bonchev–Trinajstić information content (AvgIpc) is 3.37. The van der Waals surface area contributed by atoms with Crippen molar-refractivity contribution in [2.24, 2.45) is 0 Å². The Labute approximate surface area is 194 Å². The van der Waals surface area contributed by atoms with Crippen molar-refractivity contribution in [3.8, 4) is 10.6 Å². The number of carbonyl (C=O) groups is 1. The Morgan fingerprint density at radius 3 is 2.55 bits per heavy atom. The van der Waals surface area contributed by atoms with Gasteiger partial charge in [-0.15, -0.1) is 22.7 Å². The molecule has 0 unspecified atom stereocenters. The molecule has 0 saturated heterocycles. The number of halogens is 2. The minimum atomic E-state index is -3.92. The number of thiazole rings is 1. The summed E-state index contributed by atoms with van der Waals surface area (Å²) in [7, 11) is -3.92. The molecule has 158 valence electrons. The number of rotatable bonds is 6. The molecule has 0 aliphatic carbocycles. The number of nitrogens with zero attached hydrogens (tertiary/aromatic N) is 1. The van der Waals surface area contributed by atoms with Crippen LogP contribution in [0, 0.1) is 5.82 Å². The predicted octanol–water partition coefficient (Wildman–Crippen LogP) is 5.83. The van der Waals surface area contributed by atoms with E-state index in [0.717, 1.165) is 26.5 Å². The lowest BCUT2D eigenvalue weighted by Gasteiger charge is -2.09. The molecule has 4 aromatic rings. The van der Waals surface area contributed by atoms with Crippen molar-refractivity contribution in [2.75, 3.05) is 10.0 Å². The predicted molar refractivity (Wildman–Crippen MR) is 125 cm³/mol. The topological polar surface area (TPSA) is 88.2 Å². The fourth-order valence-corrected chi connectivity index (χ4v) is 5.79. The standard InChI is InChI=1S/C20H13BrFN3O3S3/c21-18-9-8-17(30-18)16-11-29-20(23-16)24-19(26)12-2-1-3-14(10-12)25-31(27,28)15-6-4-13(22)5-7-15/h1-11,25H,(H,23,24,26). The Bertz CT molecular complexity index is 1350. The van der Waals surface area contributed by atoms with Gasteiger partial charge in [-0.2, -0.15) is 0 Å². The molecular formula is C20H13BrFN3O3S3. The summed E-state index contributed by atoms with van der Waals surface area (Å²) in [5.74, 6) is -0.953. The van der Waals surface area contributed by atoms with Crippen LogP contribution in [0.5, 0.6) is 0 Å². The molecule has 0 radical (unpaired) electrons. The first-order valence-corrected chi connectivity index (χ1v) is 12.7. The van der Waals surface area contributed by atoms with Gasteiger partial charge in [-0.25, -0.2) is 17.8 Å². The second kappa shape index (κ2) is 8.87. The zero-order chi connectivity index (χ0) is 22.0. The highest BCUT2D eigenvalue weighted by atomic mass is 79.9. The maximum atomic E-state index is 13.1. The minimum absolute atomic E-state index is 0.0840. The van der Waals surface area contributed by atoms with Crippen LogP contribution in [0.4, 0.5) is 15.2 Å². The number of amides is 1.